The van der Waals surface area contributed by atoms with Crippen LogP contribution in [0.1, 0.15) is 0 Å². The van der Waals surface area contributed by atoms with Crippen molar-refractivity contribution in [1.82, 2.24) is 4.57 Å². The van der Waals surface area contributed by atoms with E-state index in [4.69, 9.17) is 0 Å². The molecule has 0 unspecified atom stereocenters. The van der Waals surface area contributed by atoms with Crippen molar-refractivity contribution in [3.05, 3.63) is 152 Å². The van der Waals surface area contributed by atoms with Gasteiger partial charge in [-0.15, -0.1) is 0 Å². The number of nitrogens with zero attached hydrogens (tertiary/aromatic N) is 1. The molecule has 1 nitrogen and oxygen atoms in total. The Balaban J connectivity index is 1.26. The molecule has 0 N–H and O–H groups in total. The predicted molar refractivity (Wildman–Crippen MR) is 179 cm³/mol. The SMILES string of the molecule is c1ccc(-n2c3ccccc3c3c(-c4cccc(-c5ccc6c7c(cccc57)-c5ccccc5S6)c4)cccc32)cc1. The molecule has 0 saturated carbocycles. The normalized spacial score (nSPS) is 12.2. The maximum Gasteiger partial charge on any atom is 0.0547 e. The van der Waals surface area contributed by atoms with Crippen molar-refractivity contribution < 1.29 is 0 Å². The minimum absolute atomic E-state index is 1.18. The molecule has 9 rings (SSSR count). The van der Waals surface area contributed by atoms with E-state index in [1.54, 1.807) is 0 Å². The number of fused-ring (bicyclic) bond motifs is 5. The van der Waals surface area contributed by atoms with E-state index in [2.05, 4.69) is 156 Å². The summed E-state index contributed by atoms with van der Waals surface area (Å²) < 4.78 is 2.39. The van der Waals surface area contributed by atoms with Crippen LogP contribution >= 0.6 is 11.8 Å². The predicted octanol–water partition coefficient (Wildman–Crippen LogP) is 11.4. The van der Waals surface area contributed by atoms with Crippen LogP contribution in [0.15, 0.2) is 161 Å². The minimum atomic E-state index is 1.18. The monoisotopic (exact) mass is 551 g/mol. The highest BCUT2D eigenvalue weighted by Crippen LogP contribution is 2.49. The van der Waals surface area contributed by atoms with Gasteiger partial charge in [-0.3, -0.25) is 0 Å². The minimum Gasteiger partial charge on any atom is -0.309 e. The fourth-order valence-electron chi connectivity index (χ4n) is 6.80. The Kier molecular flexibility index (Phi) is 5.20. The Morgan fingerprint density at radius 1 is 0.381 bits per heavy atom. The standard InChI is InChI=1S/C40H25NS/c1-2-13-28(14-3-1)41-35-20-6-4-16-34(35)39-30(17-10-21-36(39)41)27-12-8-11-26(25-27)29-23-24-38-40-32(29)18-9-19-33(40)31-15-5-7-22-37(31)42-38/h1-25H. The van der Waals surface area contributed by atoms with Crippen LogP contribution in [-0.4, -0.2) is 4.57 Å². The summed E-state index contributed by atoms with van der Waals surface area (Å²) in [5.74, 6) is 0. The van der Waals surface area contributed by atoms with Crippen LogP contribution in [0.4, 0.5) is 0 Å². The van der Waals surface area contributed by atoms with Crippen LogP contribution < -0.4 is 0 Å². The zero-order valence-corrected chi connectivity index (χ0v) is 23.6. The van der Waals surface area contributed by atoms with Gasteiger partial charge in [0, 0.05) is 31.6 Å². The van der Waals surface area contributed by atoms with Gasteiger partial charge in [0.05, 0.1) is 11.0 Å². The van der Waals surface area contributed by atoms with E-state index in [-0.39, 0.29) is 0 Å². The van der Waals surface area contributed by atoms with Crippen molar-refractivity contribution in [2.75, 3.05) is 0 Å². The van der Waals surface area contributed by atoms with Crippen LogP contribution in [0.3, 0.4) is 0 Å². The summed E-state index contributed by atoms with van der Waals surface area (Å²) in [6, 6.07) is 55.4. The Labute approximate surface area is 248 Å². The van der Waals surface area contributed by atoms with Crippen LogP contribution in [-0.2, 0) is 0 Å². The quantitative estimate of drug-likeness (QED) is 0.211. The maximum absolute atomic E-state index is 2.39. The molecular weight excluding hydrogens is 527 g/mol. The van der Waals surface area contributed by atoms with Gasteiger partial charge in [0.2, 0.25) is 0 Å². The van der Waals surface area contributed by atoms with E-state index in [0.717, 1.165) is 0 Å². The van der Waals surface area contributed by atoms with Crippen molar-refractivity contribution in [2.24, 2.45) is 0 Å². The second-order valence-corrected chi connectivity index (χ2v) is 12.0. The van der Waals surface area contributed by atoms with Crippen molar-refractivity contribution in [1.29, 1.82) is 0 Å². The van der Waals surface area contributed by atoms with Gasteiger partial charge in [-0.1, -0.05) is 121 Å². The van der Waals surface area contributed by atoms with Crippen molar-refractivity contribution in [2.45, 2.75) is 9.79 Å². The Morgan fingerprint density at radius 3 is 1.98 bits per heavy atom. The molecule has 0 aliphatic carbocycles. The van der Waals surface area contributed by atoms with Crippen LogP contribution in [0.5, 0.6) is 0 Å². The highest BCUT2D eigenvalue weighted by molar-refractivity contribution is 7.99. The first-order chi connectivity index (χ1) is 20.8. The first-order valence-corrected chi connectivity index (χ1v) is 15.2. The van der Waals surface area contributed by atoms with Gasteiger partial charge >= 0.3 is 0 Å². The molecule has 196 valence electrons. The van der Waals surface area contributed by atoms with E-state index in [0.29, 0.717) is 0 Å². The zero-order valence-electron chi connectivity index (χ0n) is 22.8. The topological polar surface area (TPSA) is 4.93 Å². The van der Waals surface area contributed by atoms with Gasteiger partial charge in [0.15, 0.2) is 0 Å². The molecule has 0 radical (unpaired) electrons. The fourth-order valence-corrected chi connectivity index (χ4v) is 7.93. The molecule has 7 aromatic carbocycles. The largest absolute Gasteiger partial charge is 0.309 e. The summed E-state index contributed by atoms with van der Waals surface area (Å²) in [4.78, 5) is 2.66. The number of benzene rings is 7. The lowest BCUT2D eigenvalue weighted by Gasteiger charge is -2.21. The van der Waals surface area contributed by atoms with Crippen molar-refractivity contribution in [3.63, 3.8) is 0 Å². The molecule has 0 amide bonds. The molecule has 1 aliphatic heterocycles. The van der Waals surface area contributed by atoms with Crippen LogP contribution in [0, 0.1) is 0 Å². The first kappa shape index (κ1) is 23.6. The van der Waals surface area contributed by atoms with Gasteiger partial charge < -0.3 is 4.57 Å². The first-order valence-electron chi connectivity index (χ1n) is 14.4. The lowest BCUT2D eigenvalue weighted by Crippen LogP contribution is -1.94. The molecule has 0 atom stereocenters. The third-order valence-electron chi connectivity index (χ3n) is 8.60. The molecule has 0 saturated heterocycles. The van der Waals surface area contributed by atoms with Gasteiger partial charge in [-0.05, 0) is 81.2 Å². The third-order valence-corrected chi connectivity index (χ3v) is 9.73. The second-order valence-electron chi connectivity index (χ2n) is 10.9. The van der Waals surface area contributed by atoms with Crippen LogP contribution in [0.25, 0.3) is 71.6 Å². The molecule has 8 aromatic rings. The van der Waals surface area contributed by atoms with Gasteiger partial charge in [-0.25, -0.2) is 0 Å². The maximum atomic E-state index is 2.39. The Bertz CT molecular complexity index is 2330. The molecule has 1 aliphatic rings. The van der Waals surface area contributed by atoms with E-state index in [1.807, 2.05) is 11.8 Å². The lowest BCUT2D eigenvalue weighted by atomic mass is 9.91. The highest BCUT2D eigenvalue weighted by atomic mass is 32.2. The third kappa shape index (κ3) is 3.46. The molecule has 0 spiro atoms. The number of aromatic nitrogens is 1. The molecule has 0 bridgehead atoms. The molecule has 0 fully saturated rings. The lowest BCUT2D eigenvalue weighted by molar-refractivity contribution is 1.18. The van der Waals surface area contributed by atoms with Crippen LogP contribution in [0.2, 0.25) is 0 Å². The van der Waals surface area contributed by atoms with Crippen molar-refractivity contribution in [3.8, 4) is 39.1 Å². The smallest absolute Gasteiger partial charge is 0.0547 e. The zero-order chi connectivity index (χ0) is 27.6. The number of rotatable bonds is 3. The Hall–Kier alpha value is -5.05. The number of hydrogen-bond acceptors (Lipinski definition) is 1. The van der Waals surface area contributed by atoms with E-state index >= 15 is 0 Å². The average molecular weight is 552 g/mol. The summed E-state index contributed by atoms with van der Waals surface area (Å²) in [7, 11) is 0. The number of hydrogen-bond donors (Lipinski definition) is 0. The summed E-state index contributed by atoms with van der Waals surface area (Å²) in [6.45, 7) is 0. The molecule has 1 aromatic heterocycles. The Morgan fingerprint density at radius 2 is 1.05 bits per heavy atom. The van der Waals surface area contributed by atoms with Gasteiger partial charge in [0.1, 0.15) is 0 Å². The fraction of sp³-hybridized carbons (Fsp3) is 0. The molecular formula is C40H25NS. The second kappa shape index (κ2) is 9.24. The summed E-state index contributed by atoms with van der Waals surface area (Å²) in [5, 5.41) is 5.23. The molecule has 2 heterocycles. The van der Waals surface area contributed by atoms with Crippen molar-refractivity contribution >= 4 is 44.3 Å². The summed E-state index contributed by atoms with van der Waals surface area (Å²) in [6.07, 6.45) is 0. The van der Waals surface area contributed by atoms with E-state index in [1.165, 1.54) is 81.4 Å². The van der Waals surface area contributed by atoms with E-state index < -0.39 is 0 Å². The highest BCUT2D eigenvalue weighted by Gasteiger charge is 2.21. The molecule has 42 heavy (non-hydrogen) atoms. The average Bonchev–Trinajstić information content (AvgIpc) is 3.40. The summed E-state index contributed by atoms with van der Waals surface area (Å²) in [5.41, 5.74) is 11.3. The van der Waals surface area contributed by atoms with Gasteiger partial charge in [-0.2, -0.15) is 0 Å². The molecule has 2 heteroatoms. The summed E-state index contributed by atoms with van der Waals surface area (Å²) >= 11 is 1.88. The van der Waals surface area contributed by atoms with E-state index in [9.17, 15) is 0 Å². The van der Waals surface area contributed by atoms with Gasteiger partial charge in [0.25, 0.3) is 0 Å². The number of para-hydroxylation sites is 2.